The van der Waals surface area contributed by atoms with E-state index in [0.29, 0.717) is 11.4 Å². The third kappa shape index (κ3) is 4.26. The van der Waals surface area contributed by atoms with Gasteiger partial charge >= 0.3 is 6.18 Å². The van der Waals surface area contributed by atoms with Crippen LogP contribution in [-0.2, 0) is 12.7 Å². The molecule has 0 aliphatic rings. The van der Waals surface area contributed by atoms with Crippen molar-refractivity contribution in [3.05, 3.63) is 71.0 Å². The molecule has 0 spiro atoms. The van der Waals surface area contributed by atoms with Crippen molar-refractivity contribution < 1.29 is 17.6 Å². The highest BCUT2D eigenvalue weighted by Crippen LogP contribution is 2.31. The predicted octanol–water partition coefficient (Wildman–Crippen LogP) is 4.96. The molecule has 9 heteroatoms. The molecule has 0 fully saturated rings. The fourth-order valence-electron chi connectivity index (χ4n) is 2.20. The summed E-state index contributed by atoms with van der Waals surface area (Å²) < 4.78 is 52.2. The summed E-state index contributed by atoms with van der Waals surface area (Å²) in [5.41, 5.74) is -0.0396. The van der Waals surface area contributed by atoms with Gasteiger partial charge in [0.25, 0.3) is 0 Å². The van der Waals surface area contributed by atoms with Crippen molar-refractivity contribution in [3.63, 3.8) is 0 Å². The summed E-state index contributed by atoms with van der Waals surface area (Å²) in [6.07, 6.45) is -1.27. The van der Waals surface area contributed by atoms with E-state index < -0.39 is 17.6 Å². The number of hydrogen-bond donors (Lipinski definition) is 1. The molecule has 0 radical (unpaired) electrons. The zero-order valence-corrected chi connectivity index (χ0v) is 13.8. The minimum Gasteiger partial charge on any atom is -0.366 e. The monoisotopic (exact) mass is 382 g/mol. The van der Waals surface area contributed by atoms with Crippen LogP contribution in [0, 0.1) is 5.82 Å². The molecular formula is C17H11ClF4N4. The zero-order chi connectivity index (χ0) is 18.7. The van der Waals surface area contributed by atoms with Crippen LogP contribution < -0.4 is 5.32 Å². The minimum absolute atomic E-state index is 0.125. The fraction of sp³-hybridized carbons (Fsp3) is 0.118. The summed E-state index contributed by atoms with van der Waals surface area (Å²) in [6.45, 7) is 0.125. The van der Waals surface area contributed by atoms with Crippen LogP contribution in [0.3, 0.4) is 0 Å². The maximum atomic E-state index is 13.8. The molecule has 0 saturated heterocycles. The molecule has 1 N–H and O–H groups in total. The molecule has 0 aliphatic heterocycles. The molecule has 0 bridgehead atoms. The van der Waals surface area contributed by atoms with Crippen LogP contribution in [0.4, 0.5) is 23.4 Å². The van der Waals surface area contributed by atoms with Gasteiger partial charge in [-0.3, -0.25) is 4.98 Å². The summed E-state index contributed by atoms with van der Waals surface area (Å²) in [5, 5.41) is 3.18. The fourth-order valence-corrected chi connectivity index (χ4v) is 2.36. The van der Waals surface area contributed by atoms with Gasteiger partial charge in [0, 0.05) is 41.2 Å². The van der Waals surface area contributed by atoms with Crippen molar-refractivity contribution in [1.82, 2.24) is 15.0 Å². The lowest BCUT2D eigenvalue weighted by atomic mass is 10.1. The summed E-state index contributed by atoms with van der Waals surface area (Å²) in [5.74, 6) is -0.136. The molecule has 2 aromatic heterocycles. The smallest absolute Gasteiger partial charge is 0.366 e. The number of aromatic nitrogens is 3. The molecule has 1 aromatic carbocycles. The van der Waals surface area contributed by atoms with Crippen molar-refractivity contribution in [2.45, 2.75) is 12.7 Å². The standard InChI is InChI=1S/C17H11ClF4N4/c18-13-2-1-10(14(19)4-13)7-24-16-5-15(25-9-26-16)11-3-12(8-23-6-11)17(20,21)22/h1-6,8-9H,7H2,(H,24,25,26). The molecule has 0 saturated carbocycles. The Hall–Kier alpha value is -2.74. The number of anilines is 1. The maximum Gasteiger partial charge on any atom is 0.417 e. The molecule has 3 aromatic rings. The second kappa shape index (κ2) is 7.25. The van der Waals surface area contributed by atoms with E-state index in [0.717, 1.165) is 12.3 Å². The van der Waals surface area contributed by atoms with E-state index in [2.05, 4.69) is 20.3 Å². The molecular weight excluding hydrogens is 372 g/mol. The van der Waals surface area contributed by atoms with E-state index in [9.17, 15) is 17.6 Å². The Labute approximate surface area is 150 Å². The number of rotatable bonds is 4. The van der Waals surface area contributed by atoms with Gasteiger partial charge in [0.1, 0.15) is 18.0 Å². The number of nitrogens with one attached hydrogen (secondary N) is 1. The van der Waals surface area contributed by atoms with E-state index in [1.807, 2.05) is 0 Å². The number of hydrogen-bond acceptors (Lipinski definition) is 4. The second-order valence-corrected chi connectivity index (χ2v) is 5.77. The van der Waals surface area contributed by atoms with Crippen LogP contribution in [0.2, 0.25) is 5.02 Å². The third-order valence-corrected chi connectivity index (χ3v) is 3.74. The van der Waals surface area contributed by atoms with Crippen molar-refractivity contribution in [3.8, 4) is 11.3 Å². The number of halogens is 5. The molecule has 0 aliphatic carbocycles. The first-order valence-electron chi connectivity index (χ1n) is 7.35. The van der Waals surface area contributed by atoms with Crippen LogP contribution in [0.25, 0.3) is 11.3 Å². The van der Waals surface area contributed by atoms with Gasteiger partial charge < -0.3 is 5.32 Å². The van der Waals surface area contributed by atoms with Gasteiger partial charge in [0.15, 0.2) is 0 Å². The van der Waals surface area contributed by atoms with Crippen molar-refractivity contribution in [2.75, 3.05) is 5.32 Å². The van der Waals surface area contributed by atoms with E-state index in [1.165, 1.54) is 30.7 Å². The zero-order valence-electron chi connectivity index (χ0n) is 13.1. The van der Waals surface area contributed by atoms with Crippen molar-refractivity contribution in [1.29, 1.82) is 0 Å². The molecule has 0 unspecified atom stereocenters. The highest BCUT2D eigenvalue weighted by atomic mass is 35.5. The van der Waals surface area contributed by atoms with E-state index in [1.54, 1.807) is 6.07 Å². The number of pyridine rings is 1. The Morgan fingerprint density at radius 3 is 2.58 bits per heavy atom. The SMILES string of the molecule is Fc1cc(Cl)ccc1CNc1cc(-c2cncc(C(F)(F)F)c2)ncn1. The Balaban J connectivity index is 1.80. The number of benzene rings is 1. The van der Waals surface area contributed by atoms with Crippen LogP contribution in [0.5, 0.6) is 0 Å². The molecule has 2 heterocycles. The largest absolute Gasteiger partial charge is 0.417 e. The van der Waals surface area contributed by atoms with Crippen molar-refractivity contribution >= 4 is 17.4 Å². The Bertz CT molecular complexity index is 931. The molecule has 4 nitrogen and oxygen atoms in total. The third-order valence-electron chi connectivity index (χ3n) is 3.50. The van der Waals surface area contributed by atoms with E-state index in [4.69, 9.17) is 11.6 Å². The quantitative estimate of drug-likeness (QED) is 0.648. The predicted molar refractivity (Wildman–Crippen MR) is 89.0 cm³/mol. The molecule has 0 amide bonds. The molecule has 26 heavy (non-hydrogen) atoms. The van der Waals surface area contributed by atoms with Crippen LogP contribution >= 0.6 is 11.6 Å². The van der Waals surface area contributed by atoms with Crippen molar-refractivity contribution in [2.24, 2.45) is 0 Å². The highest BCUT2D eigenvalue weighted by Gasteiger charge is 2.31. The van der Waals surface area contributed by atoms with Crippen LogP contribution in [0.15, 0.2) is 49.1 Å². The normalized spacial score (nSPS) is 11.4. The lowest BCUT2D eigenvalue weighted by Crippen LogP contribution is -2.06. The lowest BCUT2D eigenvalue weighted by Gasteiger charge is -2.10. The number of nitrogens with zero attached hydrogens (tertiary/aromatic N) is 3. The van der Waals surface area contributed by atoms with Crippen LogP contribution in [-0.4, -0.2) is 15.0 Å². The summed E-state index contributed by atoms with van der Waals surface area (Å²) in [6, 6.07) is 6.70. The Morgan fingerprint density at radius 1 is 1.04 bits per heavy atom. The summed E-state index contributed by atoms with van der Waals surface area (Å²) in [4.78, 5) is 11.6. The average Bonchev–Trinajstić information content (AvgIpc) is 2.61. The second-order valence-electron chi connectivity index (χ2n) is 5.34. The van der Waals surface area contributed by atoms with Gasteiger partial charge in [-0.25, -0.2) is 14.4 Å². The lowest BCUT2D eigenvalue weighted by molar-refractivity contribution is -0.137. The summed E-state index contributed by atoms with van der Waals surface area (Å²) >= 11 is 5.70. The molecule has 134 valence electrons. The summed E-state index contributed by atoms with van der Waals surface area (Å²) in [7, 11) is 0. The first-order chi connectivity index (χ1) is 12.3. The van der Waals surface area contributed by atoms with Gasteiger partial charge in [-0.2, -0.15) is 13.2 Å². The molecule has 0 atom stereocenters. The van der Waals surface area contributed by atoms with Gasteiger partial charge in [-0.05, 0) is 18.2 Å². The Morgan fingerprint density at radius 2 is 1.85 bits per heavy atom. The van der Waals surface area contributed by atoms with E-state index in [-0.39, 0.29) is 22.8 Å². The highest BCUT2D eigenvalue weighted by molar-refractivity contribution is 6.30. The average molecular weight is 383 g/mol. The van der Waals surface area contributed by atoms with Gasteiger partial charge in [0.05, 0.1) is 11.3 Å². The number of alkyl halides is 3. The first kappa shape index (κ1) is 18.1. The minimum atomic E-state index is -4.50. The van der Waals surface area contributed by atoms with Gasteiger partial charge in [0.2, 0.25) is 0 Å². The Kier molecular flexibility index (Phi) is 5.03. The molecule has 3 rings (SSSR count). The van der Waals surface area contributed by atoms with E-state index >= 15 is 0 Å². The van der Waals surface area contributed by atoms with Gasteiger partial charge in [-0.1, -0.05) is 17.7 Å². The van der Waals surface area contributed by atoms with Crippen LogP contribution in [0.1, 0.15) is 11.1 Å². The maximum absolute atomic E-state index is 13.8. The first-order valence-corrected chi connectivity index (χ1v) is 7.73. The topological polar surface area (TPSA) is 50.7 Å². The van der Waals surface area contributed by atoms with Gasteiger partial charge in [-0.15, -0.1) is 0 Å².